The molecule has 0 fully saturated rings. The van der Waals surface area contributed by atoms with Gasteiger partial charge in [-0.3, -0.25) is 4.79 Å². The molecule has 31 heavy (non-hydrogen) atoms. The maximum atomic E-state index is 12.4. The van der Waals surface area contributed by atoms with Crippen molar-refractivity contribution < 1.29 is 4.79 Å². The van der Waals surface area contributed by atoms with Crippen LogP contribution >= 0.6 is 35.0 Å². The van der Waals surface area contributed by atoms with Gasteiger partial charge in [0.25, 0.3) is 0 Å². The van der Waals surface area contributed by atoms with E-state index < -0.39 is 0 Å². The third-order valence-corrected chi connectivity index (χ3v) is 6.17. The average Bonchev–Trinajstić information content (AvgIpc) is 3.16. The number of thioether (sulfide) groups is 1. The van der Waals surface area contributed by atoms with Crippen LogP contribution < -0.4 is 10.2 Å². The summed E-state index contributed by atoms with van der Waals surface area (Å²) in [4.78, 5) is 14.7. The van der Waals surface area contributed by atoms with Gasteiger partial charge in [0.15, 0.2) is 11.0 Å². The highest BCUT2D eigenvalue weighted by atomic mass is 35.5. The molecule has 0 saturated carbocycles. The van der Waals surface area contributed by atoms with Crippen molar-refractivity contribution in [2.75, 3.05) is 29.1 Å². The second kappa shape index (κ2) is 10.9. The molecule has 0 radical (unpaired) electrons. The number of aromatic nitrogens is 3. The van der Waals surface area contributed by atoms with E-state index in [4.69, 9.17) is 23.2 Å². The maximum absolute atomic E-state index is 12.4. The summed E-state index contributed by atoms with van der Waals surface area (Å²) >= 11 is 13.3. The minimum absolute atomic E-state index is 0.167. The molecule has 0 saturated heterocycles. The molecular weight excluding hydrogens is 453 g/mol. The van der Waals surface area contributed by atoms with Gasteiger partial charge in [-0.15, -0.1) is 10.2 Å². The summed E-state index contributed by atoms with van der Waals surface area (Å²) in [6.07, 6.45) is 0. The number of nitrogens with zero attached hydrogens (tertiary/aromatic N) is 4. The van der Waals surface area contributed by atoms with Crippen LogP contribution in [-0.4, -0.2) is 39.5 Å². The second-order valence-corrected chi connectivity index (χ2v) is 8.58. The van der Waals surface area contributed by atoms with E-state index >= 15 is 0 Å². The van der Waals surface area contributed by atoms with E-state index in [1.165, 1.54) is 17.4 Å². The molecular formula is C22H25Cl2N5OS. The monoisotopic (exact) mass is 477 g/mol. The van der Waals surface area contributed by atoms with Crippen LogP contribution in [0, 0.1) is 0 Å². The van der Waals surface area contributed by atoms with Gasteiger partial charge in [0.05, 0.1) is 5.75 Å². The van der Waals surface area contributed by atoms with Crippen molar-refractivity contribution in [3.8, 4) is 11.4 Å². The molecule has 1 aromatic heterocycles. The number of rotatable bonds is 9. The Morgan fingerprint density at radius 1 is 1.03 bits per heavy atom. The molecule has 164 valence electrons. The molecule has 0 aliphatic heterocycles. The number of benzene rings is 2. The number of carbonyl (C=O) groups excluding carboxylic acids is 1. The standard InChI is InChI=1S/C22H25Cl2N5OS/c1-4-28(5-2)19-9-7-15(8-10-19)21-26-27-22(29(21)6-3)31-14-20(30)25-18-12-16(23)11-17(24)13-18/h7-13H,4-6,14H2,1-3H3,(H,25,30). The van der Waals surface area contributed by atoms with Gasteiger partial charge >= 0.3 is 0 Å². The molecule has 3 aromatic rings. The molecule has 0 unspecified atom stereocenters. The number of nitrogens with one attached hydrogen (secondary N) is 1. The van der Waals surface area contributed by atoms with Crippen LogP contribution in [0.1, 0.15) is 20.8 Å². The van der Waals surface area contributed by atoms with Crippen LogP contribution in [0.5, 0.6) is 0 Å². The lowest BCUT2D eigenvalue weighted by atomic mass is 10.2. The largest absolute Gasteiger partial charge is 0.372 e. The van der Waals surface area contributed by atoms with Gasteiger partial charge in [-0.2, -0.15) is 0 Å². The minimum Gasteiger partial charge on any atom is -0.372 e. The van der Waals surface area contributed by atoms with Crippen molar-refractivity contribution in [2.24, 2.45) is 0 Å². The fraction of sp³-hybridized carbons (Fsp3) is 0.318. The lowest BCUT2D eigenvalue weighted by molar-refractivity contribution is -0.113. The van der Waals surface area contributed by atoms with Crippen LogP contribution in [0.25, 0.3) is 11.4 Å². The zero-order valence-electron chi connectivity index (χ0n) is 17.7. The Hall–Kier alpha value is -2.22. The molecule has 1 N–H and O–H groups in total. The molecule has 9 heteroatoms. The van der Waals surface area contributed by atoms with Crippen LogP contribution in [0.3, 0.4) is 0 Å². The third-order valence-electron chi connectivity index (χ3n) is 4.77. The zero-order chi connectivity index (χ0) is 22.4. The minimum atomic E-state index is -0.167. The van der Waals surface area contributed by atoms with Crippen molar-refractivity contribution in [1.82, 2.24) is 14.8 Å². The topological polar surface area (TPSA) is 63.1 Å². The smallest absolute Gasteiger partial charge is 0.234 e. The molecule has 6 nitrogen and oxygen atoms in total. The summed E-state index contributed by atoms with van der Waals surface area (Å²) in [6.45, 7) is 8.96. The lowest BCUT2D eigenvalue weighted by Crippen LogP contribution is -2.21. The van der Waals surface area contributed by atoms with E-state index in [1.807, 2.05) is 11.5 Å². The van der Waals surface area contributed by atoms with Gasteiger partial charge in [-0.05, 0) is 63.2 Å². The van der Waals surface area contributed by atoms with Crippen LogP contribution in [0.2, 0.25) is 10.0 Å². The molecule has 1 amide bonds. The Labute approximate surface area is 196 Å². The first-order valence-electron chi connectivity index (χ1n) is 10.1. The van der Waals surface area contributed by atoms with Crippen LogP contribution in [0.15, 0.2) is 47.6 Å². The van der Waals surface area contributed by atoms with Crippen molar-refractivity contribution >= 4 is 52.2 Å². The first-order chi connectivity index (χ1) is 14.9. The van der Waals surface area contributed by atoms with Crippen LogP contribution in [-0.2, 0) is 11.3 Å². The van der Waals surface area contributed by atoms with Gasteiger partial charge in [-0.1, -0.05) is 35.0 Å². The average molecular weight is 478 g/mol. The van der Waals surface area contributed by atoms with Gasteiger partial charge in [0.1, 0.15) is 0 Å². The highest BCUT2D eigenvalue weighted by Crippen LogP contribution is 2.27. The molecule has 3 rings (SSSR count). The van der Waals surface area contributed by atoms with Gasteiger partial charge < -0.3 is 14.8 Å². The lowest BCUT2D eigenvalue weighted by Gasteiger charge is -2.21. The van der Waals surface area contributed by atoms with E-state index in [2.05, 4.69) is 58.5 Å². The second-order valence-electron chi connectivity index (χ2n) is 6.76. The van der Waals surface area contributed by atoms with Crippen molar-refractivity contribution in [2.45, 2.75) is 32.5 Å². The Kier molecular flexibility index (Phi) is 8.23. The first kappa shape index (κ1) is 23.4. The van der Waals surface area contributed by atoms with E-state index in [-0.39, 0.29) is 11.7 Å². The normalized spacial score (nSPS) is 10.9. The summed E-state index contributed by atoms with van der Waals surface area (Å²) in [5, 5.41) is 13.1. The molecule has 0 aliphatic rings. The van der Waals surface area contributed by atoms with Gasteiger partial charge in [-0.25, -0.2) is 0 Å². The quantitative estimate of drug-likeness (QED) is 0.391. The van der Waals surface area contributed by atoms with Gasteiger partial charge in [0, 0.05) is 46.6 Å². The van der Waals surface area contributed by atoms with Crippen LogP contribution in [0.4, 0.5) is 11.4 Å². The summed E-state index contributed by atoms with van der Waals surface area (Å²) in [5.41, 5.74) is 2.74. The number of hydrogen-bond acceptors (Lipinski definition) is 5. The van der Waals surface area contributed by atoms with E-state index in [9.17, 15) is 4.79 Å². The Morgan fingerprint density at radius 2 is 1.68 bits per heavy atom. The summed E-state index contributed by atoms with van der Waals surface area (Å²) < 4.78 is 2.01. The molecule has 0 aliphatic carbocycles. The number of hydrogen-bond donors (Lipinski definition) is 1. The molecule has 0 spiro atoms. The molecule has 0 atom stereocenters. The fourth-order valence-corrected chi connectivity index (χ4v) is 4.59. The number of carbonyl (C=O) groups is 1. The summed E-state index contributed by atoms with van der Waals surface area (Å²) in [7, 11) is 0. The molecule has 1 heterocycles. The predicted octanol–water partition coefficient (Wildman–Crippen LogP) is 5.85. The molecule has 2 aromatic carbocycles. The van der Waals surface area contributed by atoms with Crippen molar-refractivity contribution in [1.29, 1.82) is 0 Å². The summed E-state index contributed by atoms with van der Waals surface area (Å²) in [5.74, 6) is 0.820. The summed E-state index contributed by atoms with van der Waals surface area (Å²) in [6, 6.07) is 13.3. The van der Waals surface area contributed by atoms with E-state index in [1.54, 1.807) is 18.2 Å². The predicted molar refractivity (Wildman–Crippen MR) is 131 cm³/mol. The number of amides is 1. The number of anilines is 2. The Morgan fingerprint density at radius 3 is 2.26 bits per heavy atom. The van der Waals surface area contributed by atoms with Crippen molar-refractivity contribution in [3.63, 3.8) is 0 Å². The van der Waals surface area contributed by atoms with Gasteiger partial charge in [0.2, 0.25) is 5.91 Å². The Balaban J connectivity index is 1.69. The first-order valence-corrected chi connectivity index (χ1v) is 11.9. The van der Waals surface area contributed by atoms with Crippen molar-refractivity contribution in [3.05, 3.63) is 52.5 Å². The number of halogens is 2. The van der Waals surface area contributed by atoms with E-state index in [0.29, 0.717) is 27.4 Å². The zero-order valence-corrected chi connectivity index (χ0v) is 20.1. The highest BCUT2D eigenvalue weighted by molar-refractivity contribution is 7.99. The SMILES string of the molecule is CCN(CC)c1ccc(-c2nnc(SCC(=O)Nc3cc(Cl)cc(Cl)c3)n2CC)cc1. The van der Waals surface area contributed by atoms with E-state index in [0.717, 1.165) is 24.5 Å². The highest BCUT2D eigenvalue weighted by Gasteiger charge is 2.15. The fourth-order valence-electron chi connectivity index (χ4n) is 3.26. The molecule has 0 bridgehead atoms. The maximum Gasteiger partial charge on any atom is 0.234 e. The Bertz CT molecular complexity index is 1010. The third kappa shape index (κ3) is 5.93.